The Balaban J connectivity index is 1.76. The summed E-state index contributed by atoms with van der Waals surface area (Å²) in [5.41, 5.74) is 5.21. The second-order valence-corrected chi connectivity index (χ2v) is 9.33. The SMILES string of the molecule is Cc1cc(N2C[C@@H]3CC[C@@](C)(C2)C3(C)C)n2c(nc3ccccc32)c1C#N. The van der Waals surface area contributed by atoms with Crippen molar-refractivity contribution in [3.63, 3.8) is 0 Å². The Bertz CT molecular complexity index is 1120. The van der Waals surface area contributed by atoms with Crippen molar-refractivity contribution in [1.82, 2.24) is 9.38 Å². The van der Waals surface area contributed by atoms with E-state index < -0.39 is 0 Å². The number of pyridine rings is 1. The maximum Gasteiger partial charge on any atom is 0.157 e. The zero-order valence-electron chi connectivity index (χ0n) is 16.6. The van der Waals surface area contributed by atoms with Crippen LogP contribution in [0.3, 0.4) is 0 Å². The lowest BCUT2D eigenvalue weighted by Crippen LogP contribution is -2.52. The molecule has 1 aliphatic carbocycles. The van der Waals surface area contributed by atoms with Crippen LogP contribution in [0.25, 0.3) is 16.7 Å². The van der Waals surface area contributed by atoms with Crippen molar-refractivity contribution in [2.45, 2.75) is 40.5 Å². The van der Waals surface area contributed by atoms with Gasteiger partial charge in [-0.25, -0.2) is 4.98 Å². The van der Waals surface area contributed by atoms with Gasteiger partial charge in [-0.2, -0.15) is 5.26 Å². The molecule has 2 aliphatic rings. The van der Waals surface area contributed by atoms with E-state index >= 15 is 0 Å². The van der Waals surface area contributed by atoms with Crippen LogP contribution < -0.4 is 4.90 Å². The van der Waals surface area contributed by atoms with Crippen molar-refractivity contribution >= 4 is 22.5 Å². The van der Waals surface area contributed by atoms with Gasteiger partial charge < -0.3 is 4.90 Å². The Morgan fingerprint density at radius 1 is 1.22 bits per heavy atom. The summed E-state index contributed by atoms with van der Waals surface area (Å²) in [6, 6.07) is 12.8. The number of fused-ring (bicyclic) bond motifs is 5. The molecular formula is C23H26N4. The largest absolute Gasteiger partial charge is 0.357 e. The Morgan fingerprint density at radius 3 is 2.74 bits per heavy atom. The predicted octanol–water partition coefficient (Wildman–Crippen LogP) is 4.93. The number of rotatable bonds is 1. The van der Waals surface area contributed by atoms with Crippen LogP contribution in [0, 0.1) is 35.0 Å². The van der Waals surface area contributed by atoms with Gasteiger partial charge in [0.15, 0.2) is 5.65 Å². The van der Waals surface area contributed by atoms with Crippen molar-refractivity contribution in [3.05, 3.63) is 41.5 Å². The smallest absolute Gasteiger partial charge is 0.157 e. The van der Waals surface area contributed by atoms with E-state index in [9.17, 15) is 5.26 Å². The quantitative estimate of drug-likeness (QED) is 0.619. The summed E-state index contributed by atoms with van der Waals surface area (Å²) in [5.74, 6) is 1.89. The highest BCUT2D eigenvalue weighted by Gasteiger charge is 2.55. The molecule has 2 fully saturated rings. The van der Waals surface area contributed by atoms with E-state index in [4.69, 9.17) is 4.98 Å². The molecule has 1 aliphatic heterocycles. The van der Waals surface area contributed by atoms with Crippen LogP contribution in [0.5, 0.6) is 0 Å². The zero-order chi connectivity index (χ0) is 19.0. The van der Waals surface area contributed by atoms with Gasteiger partial charge in [0.05, 0.1) is 16.6 Å². The van der Waals surface area contributed by atoms with E-state index in [1.807, 2.05) is 19.1 Å². The maximum absolute atomic E-state index is 9.73. The summed E-state index contributed by atoms with van der Waals surface area (Å²) < 4.78 is 2.21. The van der Waals surface area contributed by atoms with Crippen LogP contribution in [0.1, 0.15) is 44.7 Å². The van der Waals surface area contributed by atoms with Gasteiger partial charge in [0.1, 0.15) is 11.9 Å². The van der Waals surface area contributed by atoms with Gasteiger partial charge in [-0.3, -0.25) is 4.40 Å². The van der Waals surface area contributed by atoms with Crippen molar-refractivity contribution in [2.24, 2.45) is 16.7 Å². The average Bonchev–Trinajstić information content (AvgIpc) is 3.02. The monoisotopic (exact) mass is 358 g/mol. The molecule has 27 heavy (non-hydrogen) atoms. The number of nitrogens with zero attached hydrogens (tertiary/aromatic N) is 4. The first-order valence-corrected chi connectivity index (χ1v) is 9.91. The van der Waals surface area contributed by atoms with Gasteiger partial charge in [-0.05, 0) is 60.3 Å². The molecule has 1 saturated carbocycles. The molecule has 0 radical (unpaired) electrons. The number of piperidine rings is 1. The lowest BCUT2D eigenvalue weighted by molar-refractivity contribution is 0.0694. The molecule has 2 atom stereocenters. The van der Waals surface area contributed by atoms with Crippen molar-refractivity contribution in [2.75, 3.05) is 18.0 Å². The highest BCUT2D eigenvalue weighted by molar-refractivity contribution is 5.85. The average molecular weight is 358 g/mol. The molecule has 4 heteroatoms. The first kappa shape index (κ1) is 16.6. The second kappa shape index (κ2) is 5.25. The van der Waals surface area contributed by atoms with E-state index in [2.05, 4.69) is 54.3 Å². The number of aromatic nitrogens is 2. The van der Waals surface area contributed by atoms with Crippen molar-refractivity contribution < 1.29 is 0 Å². The maximum atomic E-state index is 9.73. The number of hydrogen-bond donors (Lipinski definition) is 0. The molecule has 0 N–H and O–H groups in total. The summed E-state index contributed by atoms with van der Waals surface area (Å²) in [4.78, 5) is 7.37. The first-order chi connectivity index (χ1) is 12.9. The molecule has 5 rings (SSSR count). The fourth-order valence-electron chi connectivity index (χ4n) is 5.50. The molecule has 2 aromatic heterocycles. The molecular weight excluding hydrogens is 332 g/mol. The van der Waals surface area contributed by atoms with Gasteiger partial charge in [0.2, 0.25) is 0 Å². The number of imidazole rings is 1. The fraction of sp³-hybridized carbons (Fsp3) is 0.478. The third-order valence-corrected chi connectivity index (χ3v) is 7.79. The van der Waals surface area contributed by atoms with Crippen LogP contribution in [-0.4, -0.2) is 22.5 Å². The van der Waals surface area contributed by atoms with Gasteiger partial charge >= 0.3 is 0 Å². The highest BCUT2D eigenvalue weighted by atomic mass is 15.3. The topological polar surface area (TPSA) is 44.3 Å². The minimum absolute atomic E-state index is 0.320. The van der Waals surface area contributed by atoms with Gasteiger partial charge in [-0.15, -0.1) is 0 Å². The fourth-order valence-corrected chi connectivity index (χ4v) is 5.50. The number of para-hydroxylation sites is 2. The van der Waals surface area contributed by atoms with Crippen LogP contribution >= 0.6 is 0 Å². The predicted molar refractivity (Wildman–Crippen MR) is 109 cm³/mol. The molecule has 4 nitrogen and oxygen atoms in total. The van der Waals surface area contributed by atoms with E-state index in [-0.39, 0.29) is 0 Å². The minimum atomic E-state index is 0.320. The molecule has 0 unspecified atom stereocenters. The van der Waals surface area contributed by atoms with E-state index in [1.54, 1.807) is 0 Å². The summed E-state index contributed by atoms with van der Waals surface area (Å²) in [6.07, 6.45) is 2.60. The lowest BCUT2D eigenvalue weighted by Gasteiger charge is -2.51. The Kier molecular flexibility index (Phi) is 3.23. The summed E-state index contributed by atoms with van der Waals surface area (Å²) >= 11 is 0. The number of nitriles is 1. The number of hydrogen-bond acceptors (Lipinski definition) is 3. The molecule has 0 spiro atoms. The van der Waals surface area contributed by atoms with Gasteiger partial charge in [0, 0.05) is 13.1 Å². The molecule has 1 aromatic carbocycles. The van der Waals surface area contributed by atoms with Crippen LogP contribution in [0.15, 0.2) is 30.3 Å². The lowest BCUT2D eigenvalue weighted by atomic mass is 9.63. The summed E-state index contributed by atoms with van der Waals surface area (Å²) in [5, 5.41) is 9.73. The molecule has 1 saturated heterocycles. The van der Waals surface area contributed by atoms with Crippen molar-refractivity contribution in [1.29, 1.82) is 5.26 Å². The third kappa shape index (κ3) is 2.06. The summed E-state index contributed by atoms with van der Waals surface area (Å²) in [7, 11) is 0. The highest BCUT2D eigenvalue weighted by Crippen LogP contribution is 2.59. The number of benzene rings is 1. The molecule has 0 amide bonds. The standard InChI is InChI=1S/C23H26N4/c1-15-11-20(26-13-16-9-10-23(4,14-26)22(16,2)3)27-19-8-6-5-7-18(19)25-21(27)17(15)12-24/h5-8,11,16H,9-10,13-14H2,1-4H3/t16-,23-/m0/s1. The third-order valence-electron chi connectivity index (χ3n) is 7.79. The minimum Gasteiger partial charge on any atom is -0.357 e. The zero-order valence-corrected chi connectivity index (χ0v) is 16.6. The Morgan fingerprint density at radius 2 is 2.00 bits per heavy atom. The van der Waals surface area contributed by atoms with Crippen molar-refractivity contribution in [3.8, 4) is 6.07 Å². The van der Waals surface area contributed by atoms with E-state index in [0.29, 0.717) is 22.3 Å². The summed E-state index contributed by atoms with van der Waals surface area (Å²) in [6.45, 7) is 11.5. The van der Waals surface area contributed by atoms with E-state index in [0.717, 1.165) is 35.3 Å². The molecule has 2 bridgehead atoms. The molecule has 138 valence electrons. The molecule has 3 aromatic rings. The number of aryl methyl sites for hydroxylation is 1. The van der Waals surface area contributed by atoms with Gasteiger partial charge in [-0.1, -0.05) is 32.9 Å². The normalized spacial score (nSPS) is 26.6. The first-order valence-electron chi connectivity index (χ1n) is 9.91. The van der Waals surface area contributed by atoms with Crippen LogP contribution in [0.2, 0.25) is 0 Å². The van der Waals surface area contributed by atoms with Gasteiger partial charge in [0.25, 0.3) is 0 Å². The molecule has 3 heterocycles. The Labute approximate surface area is 160 Å². The number of anilines is 1. The second-order valence-electron chi connectivity index (χ2n) is 9.33. The Hall–Kier alpha value is -2.54. The van der Waals surface area contributed by atoms with Crippen LogP contribution in [-0.2, 0) is 0 Å². The van der Waals surface area contributed by atoms with E-state index in [1.165, 1.54) is 18.7 Å². The van der Waals surface area contributed by atoms with Crippen LogP contribution in [0.4, 0.5) is 5.82 Å².